The minimum absolute atomic E-state index is 0.322. The lowest BCUT2D eigenvalue weighted by atomic mass is 10.0. The van der Waals surface area contributed by atoms with Gasteiger partial charge in [-0.1, -0.05) is 13.8 Å². The van der Waals surface area contributed by atoms with Gasteiger partial charge in [-0.15, -0.1) is 0 Å². The Labute approximate surface area is 134 Å². The molecule has 0 bridgehead atoms. The van der Waals surface area contributed by atoms with Gasteiger partial charge in [0.05, 0.1) is 0 Å². The highest BCUT2D eigenvalue weighted by Gasteiger charge is 2.20. The van der Waals surface area contributed by atoms with Gasteiger partial charge in [-0.25, -0.2) is 4.79 Å². The van der Waals surface area contributed by atoms with E-state index >= 15 is 0 Å². The number of hydrogen-bond acceptors (Lipinski definition) is 4. The Morgan fingerprint density at radius 3 is 2.62 bits per heavy atom. The summed E-state index contributed by atoms with van der Waals surface area (Å²) < 4.78 is 5.29. The highest BCUT2D eigenvalue weighted by molar-refractivity contribution is 7.99. The molecule has 0 aliphatic carbocycles. The van der Waals surface area contributed by atoms with Crippen molar-refractivity contribution in [3.05, 3.63) is 0 Å². The quantitative estimate of drug-likeness (QED) is 0.757. The van der Waals surface area contributed by atoms with Crippen molar-refractivity contribution in [1.82, 2.24) is 10.6 Å². The third kappa shape index (κ3) is 9.25. The minimum Gasteiger partial charge on any atom is -0.444 e. The Kier molecular flexibility index (Phi) is 7.88. The predicted octanol–water partition coefficient (Wildman–Crippen LogP) is 3.27. The fraction of sp³-hybridized carbons (Fsp3) is 0.938. The first-order chi connectivity index (χ1) is 9.76. The molecule has 0 aromatic carbocycles. The van der Waals surface area contributed by atoms with Crippen molar-refractivity contribution in [3.8, 4) is 0 Å². The van der Waals surface area contributed by atoms with Gasteiger partial charge in [-0.3, -0.25) is 0 Å². The number of nitrogens with one attached hydrogen (secondary N) is 2. The molecule has 0 saturated carbocycles. The lowest BCUT2D eigenvalue weighted by molar-refractivity contribution is 0.0520. The normalized spacial score (nSPS) is 20.6. The van der Waals surface area contributed by atoms with E-state index in [4.69, 9.17) is 4.74 Å². The van der Waals surface area contributed by atoms with Gasteiger partial charge in [0.25, 0.3) is 0 Å². The number of hydrogen-bond donors (Lipinski definition) is 2. The molecule has 1 aliphatic heterocycles. The van der Waals surface area contributed by atoms with Crippen LogP contribution < -0.4 is 10.6 Å². The molecule has 1 heterocycles. The molecule has 1 saturated heterocycles. The summed E-state index contributed by atoms with van der Waals surface area (Å²) in [6.07, 6.45) is 2.05. The highest BCUT2D eigenvalue weighted by atomic mass is 32.2. The standard InChI is InChI=1S/C16H32N2O2S/c1-12(2)8-14(17-9-13-6-7-21-11-13)10-18-15(19)20-16(3,4)5/h12-14,17H,6-11H2,1-5H3,(H,18,19). The molecule has 0 aromatic rings. The van der Waals surface area contributed by atoms with Gasteiger partial charge in [0.15, 0.2) is 0 Å². The molecule has 21 heavy (non-hydrogen) atoms. The van der Waals surface area contributed by atoms with E-state index in [1.54, 1.807) is 0 Å². The average Bonchev–Trinajstić information content (AvgIpc) is 2.83. The van der Waals surface area contributed by atoms with Crippen molar-refractivity contribution >= 4 is 17.9 Å². The van der Waals surface area contributed by atoms with Crippen LogP contribution in [-0.4, -0.2) is 42.3 Å². The maximum absolute atomic E-state index is 11.7. The first-order valence-corrected chi connectivity index (χ1v) is 9.19. The number of thioether (sulfide) groups is 1. The van der Waals surface area contributed by atoms with Gasteiger partial charge in [-0.05, 0) is 63.5 Å². The molecule has 2 atom stereocenters. The Balaban J connectivity index is 2.32. The first-order valence-electron chi connectivity index (χ1n) is 8.04. The number of rotatable bonds is 7. The van der Waals surface area contributed by atoms with Crippen molar-refractivity contribution in [3.63, 3.8) is 0 Å². The number of carbonyl (C=O) groups is 1. The smallest absolute Gasteiger partial charge is 0.407 e. The summed E-state index contributed by atoms with van der Waals surface area (Å²) in [5, 5.41) is 6.52. The number of alkyl carbamates (subject to hydrolysis) is 1. The molecule has 0 aromatic heterocycles. The zero-order chi connectivity index (χ0) is 15.9. The van der Waals surface area contributed by atoms with Crippen LogP contribution >= 0.6 is 11.8 Å². The second kappa shape index (κ2) is 8.89. The third-order valence-corrected chi connectivity index (χ3v) is 4.60. The minimum atomic E-state index is -0.438. The highest BCUT2D eigenvalue weighted by Crippen LogP contribution is 2.22. The van der Waals surface area contributed by atoms with Crippen molar-refractivity contribution in [1.29, 1.82) is 0 Å². The van der Waals surface area contributed by atoms with Crippen LogP contribution in [0.3, 0.4) is 0 Å². The Morgan fingerprint density at radius 1 is 1.38 bits per heavy atom. The van der Waals surface area contributed by atoms with Gasteiger partial charge < -0.3 is 15.4 Å². The van der Waals surface area contributed by atoms with Gasteiger partial charge in [0.2, 0.25) is 0 Å². The van der Waals surface area contributed by atoms with Crippen LogP contribution in [0.1, 0.15) is 47.5 Å². The molecule has 5 heteroatoms. The summed E-state index contributed by atoms with van der Waals surface area (Å²) in [7, 11) is 0. The molecule has 124 valence electrons. The second-order valence-corrected chi connectivity index (χ2v) is 8.50. The van der Waals surface area contributed by atoms with E-state index in [2.05, 4.69) is 24.5 Å². The number of amides is 1. The van der Waals surface area contributed by atoms with Crippen LogP contribution in [-0.2, 0) is 4.74 Å². The molecule has 1 aliphatic rings. The molecular formula is C16H32N2O2S. The van der Waals surface area contributed by atoms with E-state index in [1.807, 2.05) is 32.5 Å². The molecule has 2 N–H and O–H groups in total. The largest absolute Gasteiger partial charge is 0.444 e. The second-order valence-electron chi connectivity index (χ2n) is 7.35. The molecule has 1 amide bonds. The summed E-state index contributed by atoms with van der Waals surface area (Å²) in [5.41, 5.74) is -0.438. The molecule has 1 fully saturated rings. The zero-order valence-electron chi connectivity index (χ0n) is 14.2. The van der Waals surface area contributed by atoms with Crippen molar-refractivity contribution in [2.75, 3.05) is 24.6 Å². The first kappa shape index (κ1) is 18.6. The van der Waals surface area contributed by atoms with Crippen LogP contribution in [0.25, 0.3) is 0 Å². The lowest BCUT2D eigenvalue weighted by Gasteiger charge is -2.24. The maximum atomic E-state index is 11.7. The zero-order valence-corrected chi connectivity index (χ0v) is 15.0. The number of carbonyl (C=O) groups excluding carboxylic acids is 1. The Morgan fingerprint density at radius 2 is 2.10 bits per heavy atom. The molecule has 0 radical (unpaired) electrons. The van der Waals surface area contributed by atoms with E-state index in [0.29, 0.717) is 18.5 Å². The van der Waals surface area contributed by atoms with Gasteiger partial charge in [0.1, 0.15) is 5.60 Å². The average molecular weight is 317 g/mol. The SMILES string of the molecule is CC(C)CC(CNC(=O)OC(C)(C)C)NCC1CCSC1. The van der Waals surface area contributed by atoms with Crippen LogP contribution in [0.4, 0.5) is 4.79 Å². The summed E-state index contributed by atoms with van der Waals surface area (Å²) in [6.45, 7) is 11.8. The number of ether oxygens (including phenoxy) is 1. The van der Waals surface area contributed by atoms with Crippen molar-refractivity contribution in [2.24, 2.45) is 11.8 Å². The lowest BCUT2D eigenvalue weighted by Crippen LogP contribution is -2.44. The van der Waals surface area contributed by atoms with Crippen molar-refractivity contribution in [2.45, 2.75) is 59.1 Å². The van der Waals surface area contributed by atoms with E-state index < -0.39 is 5.60 Å². The van der Waals surface area contributed by atoms with Crippen LogP contribution in [0.15, 0.2) is 0 Å². The maximum Gasteiger partial charge on any atom is 0.407 e. The van der Waals surface area contributed by atoms with Gasteiger partial charge in [-0.2, -0.15) is 11.8 Å². The molecule has 2 unspecified atom stereocenters. The van der Waals surface area contributed by atoms with Crippen LogP contribution in [0.5, 0.6) is 0 Å². The van der Waals surface area contributed by atoms with Crippen LogP contribution in [0.2, 0.25) is 0 Å². The summed E-state index contributed by atoms with van der Waals surface area (Å²) >= 11 is 2.04. The monoisotopic (exact) mass is 316 g/mol. The van der Waals surface area contributed by atoms with E-state index in [9.17, 15) is 4.79 Å². The van der Waals surface area contributed by atoms with E-state index in [1.165, 1.54) is 17.9 Å². The van der Waals surface area contributed by atoms with Gasteiger partial charge in [0, 0.05) is 12.6 Å². The fourth-order valence-corrected chi connectivity index (χ4v) is 3.69. The summed E-state index contributed by atoms with van der Waals surface area (Å²) in [5.74, 6) is 3.95. The molecule has 0 spiro atoms. The van der Waals surface area contributed by atoms with Gasteiger partial charge >= 0.3 is 6.09 Å². The molecule has 4 nitrogen and oxygen atoms in total. The van der Waals surface area contributed by atoms with Crippen LogP contribution in [0, 0.1) is 11.8 Å². The van der Waals surface area contributed by atoms with E-state index in [0.717, 1.165) is 18.9 Å². The third-order valence-electron chi connectivity index (χ3n) is 3.37. The van der Waals surface area contributed by atoms with E-state index in [-0.39, 0.29) is 6.09 Å². The van der Waals surface area contributed by atoms with Crippen molar-refractivity contribution < 1.29 is 9.53 Å². The Hall–Kier alpha value is -0.420. The topological polar surface area (TPSA) is 50.4 Å². The predicted molar refractivity (Wildman–Crippen MR) is 90.9 cm³/mol. The summed E-state index contributed by atoms with van der Waals surface area (Å²) in [4.78, 5) is 11.7. The fourth-order valence-electron chi connectivity index (χ4n) is 2.41. The molecule has 1 rings (SSSR count). The summed E-state index contributed by atoms with van der Waals surface area (Å²) in [6, 6.07) is 0.322. The molecular weight excluding hydrogens is 284 g/mol. The Bertz CT molecular complexity index is 310.